The second-order valence-corrected chi connectivity index (χ2v) is 7.09. The van der Waals surface area contributed by atoms with Gasteiger partial charge in [0.2, 0.25) is 5.88 Å². The van der Waals surface area contributed by atoms with E-state index in [1.54, 1.807) is 24.3 Å². The van der Waals surface area contributed by atoms with Crippen molar-refractivity contribution in [1.29, 1.82) is 0 Å². The fourth-order valence-corrected chi connectivity index (χ4v) is 3.63. The van der Waals surface area contributed by atoms with Crippen LogP contribution in [-0.2, 0) is 11.3 Å². The first-order chi connectivity index (χ1) is 13.5. The summed E-state index contributed by atoms with van der Waals surface area (Å²) in [6.07, 6.45) is 2.40. The maximum Gasteiger partial charge on any atom is 0.415 e. The average Bonchev–Trinajstić information content (AvgIpc) is 3.04. The normalized spacial score (nSPS) is 20.4. The number of ether oxygens (including phenoxy) is 2. The number of carboxylic acid groups (broad SMARTS) is 1. The second kappa shape index (κ2) is 7.57. The van der Waals surface area contributed by atoms with Crippen LogP contribution in [-0.4, -0.2) is 55.9 Å². The van der Waals surface area contributed by atoms with Gasteiger partial charge in [0.15, 0.2) is 0 Å². The summed E-state index contributed by atoms with van der Waals surface area (Å²) < 4.78 is 12.8. The van der Waals surface area contributed by atoms with Gasteiger partial charge in [-0.1, -0.05) is 0 Å². The standard InChI is InChI=1S/C20H22N4O4/c1-13-9-23(10-14(2)27-13)11-16-8-19(22-12-21-16)28-17-3-4-18-15(7-17)5-6-24(18)20(25)26/h3-8,12-14H,9-11H2,1-2H3,(H,25,26)/t13-,14+. The fourth-order valence-electron chi connectivity index (χ4n) is 3.63. The zero-order valence-electron chi connectivity index (χ0n) is 15.8. The first kappa shape index (κ1) is 18.4. The largest absolute Gasteiger partial charge is 0.464 e. The Morgan fingerprint density at radius 1 is 1.21 bits per heavy atom. The molecule has 0 radical (unpaired) electrons. The summed E-state index contributed by atoms with van der Waals surface area (Å²) in [6, 6.07) is 8.81. The number of hydrogen-bond acceptors (Lipinski definition) is 6. The lowest BCUT2D eigenvalue weighted by atomic mass is 10.2. The minimum absolute atomic E-state index is 0.200. The number of nitrogens with zero attached hydrogens (tertiary/aromatic N) is 4. The highest BCUT2D eigenvalue weighted by Gasteiger charge is 2.22. The third-order valence-electron chi connectivity index (χ3n) is 4.67. The van der Waals surface area contributed by atoms with E-state index in [4.69, 9.17) is 9.47 Å². The minimum atomic E-state index is -1.02. The van der Waals surface area contributed by atoms with Crippen molar-refractivity contribution >= 4 is 17.0 Å². The van der Waals surface area contributed by atoms with Crippen LogP contribution in [0.4, 0.5) is 4.79 Å². The summed E-state index contributed by atoms with van der Waals surface area (Å²) in [4.78, 5) is 22.1. The molecule has 0 unspecified atom stereocenters. The molecule has 1 fully saturated rings. The maximum absolute atomic E-state index is 11.2. The van der Waals surface area contributed by atoms with Crippen LogP contribution in [0.5, 0.6) is 11.6 Å². The molecule has 8 heteroatoms. The fraction of sp³-hybridized carbons (Fsp3) is 0.350. The molecule has 0 aliphatic carbocycles. The van der Waals surface area contributed by atoms with Crippen LogP contribution in [0.3, 0.4) is 0 Å². The summed E-state index contributed by atoms with van der Waals surface area (Å²) in [5, 5.41) is 9.96. The van der Waals surface area contributed by atoms with E-state index in [9.17, 15) is 9.90 Å². The molecule has 0 saturated carbocycles. The van der Waals surface area contributed by atoms with Gasteiger partial charge < -0.3 is 14.6 Å². The lowest BCUT2D eigenvalue weighted by Gasteiger charge is -2.35. The Kier molecular flexibility index (Phi) is 4.97. The minimum Gasteiger partial charge on any atom is -0.464 e. The quantitative estimate of drug-likeness (QED) is 0.740. The summed E-state index contributed by atoms with van der Waals surface area (Å²) in [5.74, 6) is 1.05. The first-order valence-electron chi connectivity index (χ1n) is 9.19. The van der Waals surface area contributed by atoms with Crippen molar-refractivity contribution in [1.82, 2.24) is 19.4 Å². The zero-order valence-corrected chi connectivity index (χ0v) is 15.8. The molecule has 8 nitrogen and oxygen atoms in total. The van der Waals surface area contributed by atoms with Crippen LogP contribution in [0.1, 0.15) is 19.5 Å². The molecule has 1 saturated heterocycles. The van der Waals surface area contributed by atoms with E-state index < -0.39 is 6.09 Å². The summed E-state index contributed by atoms with van der Waals surface area (Å²) in [6.45, 7) is 6.58. The van der Waals surface area contributed by atoms with Crippen LogP contribution in [0.25, 0.3) is 10.9 Å². The molecule has 1 aliphatic rings. The summed E-state index contributed by atoms with van der Waals surface area (Å²) >= 11 is 0. The van der Waals surface area contributed by atoms with Gasteiger partial charge in [0.1, 0.15) is 12.1 Å². The molecule has 3 aromatic rings. The van der Waals surface area contributed by atoms with Gasteiger partial charge in [-0.15, -0.1) is 0 Å². The van der Waals surface area contributed by atoms with Gasteiger partial charge in [0.25, 0.3) is 0 Å². The predicted molar refractivity (Wildman–Crippen MR) is 103 cm³/mol. The number of fused-ring (bicyclic) bond motifs is 1. The number of rotatable bonds is 4. The SMILES string of the molecule is C[C@@H]1CN(Cc2cc(Oc3ccc4c(ccn4C(=O)O)c3)ncn2)C[C@H](C)O1. The van der Waals surface area contributed by atoms with Crippen molar-refractivity contribution in [2.24, 2.45) is 0 Å². The van der Waals surface area contributed by atoms with E-state index in [2.05, 4.69) is 28.7 Å². The average molecular weight is 382 g/mol. The van der Waals surface area contributed by atoms with Gasteiger partial charge in [-0.2, -0.15) is 0 Å². The molecule has 0 spiro atoms. The van der Waals surface area contributed by atoms with Gasteiger partial charge in [0.05, 0.1) is 23.4 Å². The Labute approximate surface area is 162 Å². The van der Waals surface area contributed by atoms with Crippen molar-refractivity contribution in [3.63, 3.8) is 0 Å². The first-order valence-corrected chi connectivity index (χ1v) is 9.19. The third kappa shape index (κ3) is 3.97. The van der Waals surface area contributed by atoms with Crippen molar-refractivity contribution in [3.8, 4) is 11.6 Å². The highest BCUT2D eigenvalue weighted by molar-refractivity contribution is 5.89. The topological polar surface area (TPSA) is 89.7 Å². The Hall–Kier alpha value is -2.97. The molecular weight excluding hydrogens is 360 g/mol. The number of carbonyl (C=O) groups is 1. The number of aromatic nitrogens is 3. The smallest absolute Gasteiger partial charge is 0.415 e. The monoisotopic (exact) mass is 382 g/mol. The lowest BCUT2D eigenvalue weighted by molar-refractivity contribution is -0.0707. The molecule has 2 atom stereocenters. The molecule has 2 aromatic heterocycles. The molecule has 0 amide bonds. The highest BCUT2D eigenvalue weighted by Crippen LogP contribution is 2.26. The molecule has 1 N–H and O–H groups in total. The van der Waals surface area contributed by atoms with Crippen molar-refractivity contribution in [2.75, 3.05) is 13.1 Å². The molecule has 4 rings (SSSR count). The van der Waals surface area contributed by atoms with Crippen molar-refractivity contribution < 1.29 is 19.4 Å². The number of benzene rings is 1. The van der Waals surface area contributed by atoms with E-state index in [-0.39, 0.29) is 12.2 Å². The van der Waals surface area contributed by atoms with Gasteiger partial charge in [-0.05, 0) is 38.1 Å². The maximum atomic E-state index is 11.2. The van der Waals surface area contributed by atoms with Crippen LogP contribution >= 0.6 is 0 Å². The Balaban J connectivity index is 1.49. The molecule has 1 aromatic carbocycles. The number of hydrogen-bond donors (Lipinski definition) is 1. The molecular formula is C20H22N4O4. The molecule has 28 heavy (non-hydrogen) atoms. The van der Waals surface area contributed by atoms with E-state index in [1.165, 1.54) is 17.1 Å². The van der Waals surface area contributed by atoms with Crippen molar-refractivity contribution in [2.45, 2.75) is 32.6 Å². The summed E-state index contributed by atoms with van der Waals surface area (Å²) in [5.41, 5.74) is 1.49. The van der Waals surface area contributed by atoms with Crippen molar-refractivity contribution in [3.05, 3.63) is 48.5 Å². The van der Waals surface area contributed by atoms with Crippen LogP contribution in [0.15, 0.2) is 42.9 Å². The van der Waals surface area contributed by atoms with E-state index in [0.717, 1.165) is 24.2 Å². The van der Waals surface area contributed by atoms with E-state index in [1.807, 2.05) is 6.07 Å². The Bertz CT molecular complexity index is 993. The second-order valence-electron chi connectivity index (χ2n) is 7.09. The lowest BCUT2D eigenvalue weighted by Crippen LogP contribution is -2.44. The predicted octanol–water partition coefficient (Wildman–Crippen LogP) is 3.36. The van der Waals surface area contributed by atoms with E-state index >= 15 is 0 Å². The molecule has 146 valence electrons. The van der Waals surface area contributed by atoms with Gasteiger partial charge in [-0.25, -0.2) is 14.8 Å². The van der Waals surface area contributed by atoms with Crippen LogP contribution in [0, 0.1) is 0 Å². The number of morpholine rings is 1. The summed E-state index contributed by atoms with van der Waals surface area (Å²) in [7, 11) is 0. The molecule has 1 aliphatic heterocycles. The van der Waals surface area contributed by atoms with Crippen LogP contribution < -0.4 is 4.74 Å². The van der Waals surface area contributed by atoms with E-state index in [0.29, 0.717) is 23.7 Å². The van der Waals surface area contributed by atoms with Crippen LogP contribution in [0.2, 0.25) is 0 Å². The third-order valence-corrected chi connectivity index (χ3v) is 4.67. The van der Waals surface area contributed by atoms with Gasteiger partial charge in [-0.3, -0.25) is 9.47 Å². The molecule has 0 bridgehead atoms. The van der Waals surface area contributed by atoms with Gasteiger partial charge in [0, 0.05) is 37.3 Å². The zero-order chi connectivity index (χ0) is 19.7. The Morgan fingerprint density at radius 2 is 2.00 bits per heavy atom. The Morgan fingerprint density at radius 3 is 2.75 bits per heavy atom. The molecule has 3 heterocycles. The highest BCUT2D eigenvalue weighted by atomic mass is 16.5. The van der Waals surface area contributed by atoms with Gasteiger partial charge >= 0.3 is 6.09 Å².